The molecule has 12 heavy (non-hydrogen) atoms. The van der Waals surface area contributed by atoms with Gasteiger partial charge in [-0.05, 0) is 17.3 Å². The molecule has 2 rings (SSSR count). The van der Waals surface area contributed by atoms with Crippen LogP contribution in [0.1, 0.15) is 0 Å². The normalized spacial score (nSPS) is 10.0. The zero-order valence-corrected chi connectivity index (χ0v) is 6.25. The first-order valence-corrected chi connectivity index (χ1v) is 3.44. The summed E-state index contributed by atoms with van der Waals surface area (Å²) in [4.78, 5) is 5.07. The third kappa shape index (κ3) is 1.12. The summed E-state index contributed by atoms with van der Waals surface area (Å²) >= 11 is 0. The topological polar surface area (TPSA) is 69.6 Å². The Labute approximate surface area is 68.8 Å². The summed E-state index contributed by atoms with van der Waals surface area (Å²) in [5.41, 5.74) is 1.71. The van der Waals surface area contributed by atoms with E-state index in [1.807, 2.05) is 12.1 Å². The Morgan fingerprint density at radius 2 is 2.00 bits per heavy atom. The van der Waals surface area contributed by atoms with Gasteiger partial charge in [0.25, 0.3) is 0 Å². The number of aromatic nitrogens is 4. The van der Waals surface area contributed by atoms with Crippen molar-refractivity contribution in [1.82, 2.24) is 20.1 Å². The third-order valence-electron chi connectivity index (χ3n) is 1.49. The van der Waals surface area contributed by atoms with Crippen molar-refractivity contribution in [2.24, 2.45) is 0 Å². The van der Waals surface area contributed by atoms with E-state index >= 15 is 0 Å². The molecule has 5 nitrogen and oxygen atoms in total. The summed E-state index contributed by atoms with van der Waals surface area (Å²) < 4.78 is 0. The van der Waals surface area contributed by atoms with Gasteiger partial charge in [-0.1, -0.05) is 0 Å². The van der Waals surface area contributed by atoms with Gasteiger partial charge in [0.15, 0.2) is 0 Å². The Hall–Kier alpha value is -1.91. The van der Waals surface area contributed by atoms with Crippen LogP contribution in [0.25, 0.3) is 11.3 Å². The van der Waals surface area contributed by atoms with Crippen molar-refractivity contribution in [3.05, 3.63) is 30.7 Å². The van der Waals surface area contributed by atoms with Gasteiger partial charge in [-0.2, -0.15) is 4.79 Å². The van der Waals surface area contributed by atoms with Gasteiger partial charge >= 0.3 is 0 Å². The predicted octanol–water partition coefficient (Wildman–Crippen LogP) is 0.0539. The molecule has 0 aromatic carbocycles. The Bertz CT molecular complexity index is 366. The molecular formula is C7H7N5. The van der Waals surface area contributed by atoms with Crippen LogP contribution >= 0.6 is 0 Å². The van der Waals surface area contributed by atoms with Gasteiger partial charge in [0.2, 0.25) is 0 Å². The summed E-state index contributed by atoms with van der Waals surface area (Å²) in [6.07, 6.45) is 5.05. The standard InChI is InChI=1S/C7H7N5/c8-12-5-7(10-11-12)6-1-3-9-4-2-6/h1-5H,8H2. The molecule has 2 aromatic heterocycles. The highest BCUT2D eigenvalue weighted by Gasteiger charge is 1.99. The second-order valence-electron chi connectivity index (χ2n) is 2.32. The van der Waals surface area contributed by atoms with Crippen molar-refractivity contribution in [3.63, 3.8) is 0 Å². The highest BCUT2D eigenvalue weighted by molar-refractivity contribution is 5.56. The van der Waals surface area contributed by atoms with E-state index in [0.717, 1.165) is 11.3 Å². The van der Waals surface area contributed by atoms with Crippen molar-refractivity contribution in [2.45, 2.75) is 0 Å². The van der Waals surface area contributed by atoms with Crippen LogP contribution in [-0.4, -0.2) is 20.1 Å². The maximum absolute atomic E-state index is 5.34. The van der Waals surface area contributed by atoms with Crippen LogP contribution < -0.4 is 5.84 Å². The second kappa shape index (κ2) is 2.61. The van der Waals surface area contributed by atoms with Gasteiger partial charge in [-0.25, -0.2) is 0 Å². The molecule has 0 atom stereocenters. The quantitative estimate of drug-likeness (QED) is 0.600. The SMILES string of the molecule is Nn1cc(-c2ccncc2)nn1. The first-order valence-electron chi connectivity index (χ1n) is 3.44. The van der Waals surface area contributed by atoms with Gasteiger partial charge in [0, 0.05) is 18.0 Å². The molecule has 0 aliphatic rings. The Kier molecular flexibility index (Phi) is 1.48. The van der Waals surface area contributed by atoms with Crippen LogP contribution in [0.15, 0.2) is 30.7 Å². The monoisotopic (exact) mass is 161 g/mol. The molecule has 0 bridgehead atoms. The minimum absolute atomic E-state index is 0.750. The molecule has 0 amide bonds. The highest BCUT2D eigenvalue weighted by Crippen LogP contribution is 2.12. The van der Waals surface area contributed by atoms with E-state index in [9.17, 15) is 0 Å². The molecule has 2 aromatic rings. The van der Waals surface area contributed by atoms with Crippen molar-refractivity contribution in [1.29, 1.82) is 0 Å². The zero-order valence-electron chi connectivity index (χ0n) is 6.25. The summed E-state index contributed by atoms with van der Waals surface area (Å²) in [6.45, 7) is 0. The first-order chi connectivity index (χ1) is 5.86. The van der Waals surface area contributed by atoms with E-state index < -0.39 is 0 Å². The van der Waals surface area contributed by atoms with Crippen LogP contribution in [0.4, 0.5) is 0 Å². The van der Waals surface area contributed by atoms with E-state index in [2.05, 4.69) is 15.3 Å². The number of nitrogens with two attached hydrogens (primary N) is 1. The van der Waals surface area contributed by atoms with E-state index in [4.69, 9.17) is 5.84 Å². The summed E-state index contributed by atoms with van der Waals surface area (Å²) in [5.74, 6) is 5.34. The van der Waals surface area contributed by atoms with Gasteiger partial charge in [0.05, 0.1) is 6.20 Å². The van der Waals surface area contributed by atoms with E-state index in [0.29, 0.717) is 0 Å². The van der Waals surface area contributed by atoms with Crippen molar-refractivity contribution in [3.8, 4) is 11.3 Å². The lowest BCUT2D eigenvalue weighted by Gasteiger charge is -1.90. The molecule has 0 aliphatic heterocycles. The smallest absolute Gasteiger partial charge is 0.115 e. The molecule has 0 saturated heterocycles. The first kappa shape index (κ1) is 6.78. The Morgan fingerprint density at radius 1 is 1.25 bits per heavy atom. The van der Waals surface area contributed by atoms with Crippen molar-refractivity contribution >= 4 is 0 Å². The van der Waals surface area contributed by atoms with Crippen LogP contribution in [0.5, 0.6) is 0 Å². The van der Waals surface area contributed by atoms with E-state index in [1.165, 1.54) is 4.79 Å². The van der Waals surface area contributed by atoms with Gasteiger partial charge in [0.1, 0.15) is 5.69 Å². The lowest BCUT2D eigenvalue weighted by atomic mass is 10.2. The number of rotatable bonds is 1. The van der Waals surface area contributed by atoms with E-state index in [-0.39, 0.29) is 0 Å². The number of pyridine rings is 1. The Balaban J connectivity index is 2.45. The molecular weight excluding hydrogens is 154 g/mol. The second-order valence-corrected chi connectivity index (χ2v) is 2.32. The van der Waals surface area contributed by atoms with Crippen LogP contribution in [-0.2, 0) is 0 Å². The van der Waals surface area contributed by atoms with Crippen LogP contribution in [0.3, 0.4) is 0 Å². The molecule has 2 N–H and O–H groups in total. The lowest BCUT2D eigenvalue weighted by molar-refractivity contribution is 0.766. The fraction of sp³-hybridized carbons (Fsp3) is 0. The average molecular weight is 161 g/mol. The van der Waals surface area contributed by atoms with Gasteiger partial charge < -0.3 is 5.84 Å². The maximum atomic E-state index is 5.34. The molecule has 0 unspecified atom stereocenters. The van der Waals surface area contributed by atoms with Gasteiger partial charge in [-0.15, -0.1) is 5.10 Å². The van der Waals surface area contributed by atoms with Gasteiger partial charge in [-0.3, -0.25) is 4.98 Å². The molecule has 0 aliphatic carbocycles. The Morgan fingerprint density at radius 3 is 2.58 bits per heavy atom. The number of nitrogens with zero attached hydrogens (tertiary/aromatic N) is 4. The van der Waals surface area contributed by atoms with Crippen molar-refractivity contribution < 1.29 is 0 Å². The van der Waals surface area contributed by atoms with Crippen LogP contribution in [0.2, 0.25) is 0 Å². The number of hydrogen-bond donors (Lipinski definition) is 1. The molecule has 0 fully saturated rings. The van der Waals surface area contributed by atoms with E-state index in [1.54, 1.807) is 18.6 Å². The summed E-state index contributed by atoms with van der Waals surface area (Å²) in [5, 5.41) is 7.46. The van der Waals surface area contributed by atoms with Crippen molar-refractivity contribution in [2.75, 3.05) is 5.84 Å². The molecule has 0 radical (unpaired) electrons. The number of nitrogen functional groups attached to an aromatic ring is 1. The molecule has 60 valence electrons. The molecule has 2 heterocycles. The molecule has 5 heteroatoms. The third-order valence-corrected chi connectivity index (χ3v) is 1.49. The fourth-order valence-corrected chi connectivity index (χ4v) is 0.932. The lowest BCUT2D eigenvalue weighted by Crippen LogP contribution is -2.07. The minimum atomic E-state index is 0.750. The highest BCUT2D eigenvalue weighted by atomic mass is 15.6. The predicted molar refractivity (Wildman–Crippen MR) is 43.4 cm³/mol. The van der Waals surface area contributed by atoms with Crippen LogP contribution in [0, 0.1) is 0 Å². The average Bonchev–Trinajstić information content (AvgIpc) is 2.54. The minimum Gasteiger partial charge on any atom is -0.322 e. The molecule has 0 saturated carbocycles. The number of hydrogen-bond acceptors (Lipinski definition) is 4. The zero-order chi connectivity index (χ0) is 8.39. The summed E-state index contributed by atoms with van der Waals surface area (Å²) in [6, 6.07) is 3.70. The molecule has 0 spiro atoms. The largest absolute Gasteiger partial charge is 0.322 e. The fourth-order valence-electron chi connectivity index (χ4n) is 0.932. The summed E-state index contributed by atoms with van der Waals surface area (Å²) in [7, 11) is 0. The maximum Gasteiger partial charge on any atom is 0.115 e.